The highest BCUT2D eigenvalue weighted by atomic mass is 79.9. The first-order chi connectivity index (χ1) is 8.09. The molecule has 0 aliphatic rings. The fraction of sp³-hybridized carbons (Fsp3) is 0.111. The number of halogens is 1. The minimum Gasteiger partial charge on any atom is -0.245 e. The van der Waals surface area contributed by atoms with Crippen molar-refractivity contribution in [1.29, 1.82) is 0 Å². The lowest BCUT2D eigenvalue weighted by Crippen LogP contribution is -2.23. The lowest BCUT2D eigenvalue weighted by atomic mass is 10.4. The van der Waals surface area contributed by atoms with Crippen molar-refractivity contribution in [2.24, 2.45) is 0 Å². The smallest absolute Gasteiger partial charge is 0.245 e. The summed E-state index contributed by atoms with van der Waals surface area (Å²) in [5, 5.41) is 1.71. The van der Waals surface area contributed by atoms with E-state index in [0.717, 1.165) is 11.3 Å². The lowest BCUT2D eigenvalue weighted by Gasteiger charge is -2.04. The van der Waals surface area contributed by atoms with Gasteiger partial charge in [0.25, 0.3) is 10.0 Å². The van der Waals surface area contributed by atoms with Crippen molar-refractivity contribution in [3.63, 3.8) is 0 Å². The van der Waals surface area contributed by atoms with Crippen LogP contribution in [-0.2, 0) is 16.6 Å². The molecule has 0 amide bonds. The Morgan fingerprint density at radius 3 is 2.82 bits per heavy atom. The van der Waals surface area contributed by atoms with E-state index in [1.165, 1.54) is 6.33 Å². The summed E-state index contributed by atoms with van der Waals surface area (Å²) in [6.07, 6.45) is 2.95. The number of hydrogen-bond acceptors (Lipinski definition) is 5. The predicted molar refractivity (Wildman–Crippen MR) is 68.1 cm³/mol. The van der Waals surface area contributed by atoms with Gasteiger partial charge in [0.05, 0.1) is 12.2 Å². The number of sulfonamides is 1. The van der Waals surface area contributed by atoms with Crippen molar-refractivity contribution >= 4 is 37.3 Å². The summed E-state index contributed by atoms with van der Waals surface area (Å²) in [5.41, 5.74) is 0.622. The van der Waals surface area contributed by atoms with Gasteiger partial charge in [0.1, 0.15) is 10.5 Å². The molecule has 0 spiro atoms. The Bertz CT molecular complexity index is 598. The van der Waals surface area contributed by atoms with Crippen LogP contribution in [0.25, 0.3) is 0 Å². The Morgan fingerprint density at radius 1 is 1.41 bits per heavy atom. The van der Waals surface area contributed by atoms with Crippen molar-refractivity contribution in [3.8, 4) is 0 Å². The van der Waals surface area contributed by atoms with Gasteiger partial charge in [0, 0.05) is 10.7 Å². The van der Waals surface area contributed by atoms with Crippen molar-refractivity contribution < 1.29 is 8.42 Å². The molecule has 0 aliphatic heterocycles. The first-order valence-electron chi connectivity index (χ1n) is 4.57. The van der Waals surface area contributed by atoms with Gasteiger partial charge in [-0.2, -0.15) is 0 Å². The third-order valence-electron chi connectivity index (χ3n) is 1.92. The third-order valence-corrected chi connectivity index (χ3v) is 5.99. The average Bonchev–Trinajstić information content (AvgIpc) is 2.75. The number of nitrogens with zero attached hydrogens (tertiary/aromatic N) is 2. The second kappa shape index (κ2) is 5.21. The largest absolute Gasteiger partial charge is 0.251 e. The van der Waals surface area contributed by atoms with Crippen molar-refractivity contribution in [2.45, 2.75) is 10.8 Å². The van der Waals surface area contributed by atoms with Gasteiger partial charge < -0.3 is 0 Å². The molecular formula is C9H8BrN3O2S2. The summed E-state index contributed by atoms with van der Waals surface area (Å²) >= 11 is 4.36. The normalized spacial score (nSPS) is 11.6. The van der Waals surface area contributed by atoms with E-state index in [9.17, 15) is 8.42 Å². The maximum atomic E-state index is 11.9. The van der Waals surface area contributed by atoms with E-state index < -0.39 is 10.0 Å². The Labute approximate surface area is 111 Å². The van der Waals surface area contributed by atoms with Crippen LogP contribution in [0.5, 0.6) is 0 Å². The molecule has 17 heavy (non-hydrogen) atoms. The van der Waals surface area contributed by atoms with Crippen LogP contribution in [0.15, 0.2) is 38.7 Å². The highest BCUT2D eigenvalue weighted by Crippen LogP contribution is 2.27. The Balaban J connectivity index is 2.12. The van der Waals surface area contributed by atoms with Crippen LogP contribution < -0.4 is 4.72 Å². The molecule has 5 nitrogen and oxygen atoms in total. The summed E-state index contributed by atoms with van der Waals surface area (Å²) in [6.45, 7) is 0.148. The van der Waals surface area contributed by atoms with E-state index in [1.807, 2.05) is 0 Å². The Hall–Kier alpha value is -0.830. The van der Waals surface area contributed by atoms with Crippen LogP contribution in [-0.4, -0.2) is 18.4 Å². The molecule has 0 saturated heterocycles. The van der Waals surface area contributed by atoms with Gasteiger partial charge in [0.2, 0.25) is 0 Å². The predicted octanol–water partition coefficient (Wildman–Crippen LogP) is 1.78. The highest BCUT2D eigenvalue weighted by Gasteiger charge is 2.18. The van der Waals surface area contributed by atoms with Crippen LogP contribution in [0.1, 0.15) is 5.69 Å². The monoisotopic (exact) mass is 333 g/mol. The number of nitrogens with one attached hydrogen (secondary N) is 1. The number of rotatable bonds is 4. The van der Waals surface area contributed by atoms with Gasteiger partial charge in [-0.3, -0.25) is 0 Å². The summed E-state index contributed by atoms with van der Waals surface area (Å²) in [5.74, 6) is 0. The first-order valence-corrected chi connectivity index (χ1v) is 7.73. The number of hydrogen-bond donors (Lipinski definition) is 1. The molecule has 1 N–H and O–H groups in total. The average molecular weight is 334 g/mol. The minimum absolute atomic E-state index is 0.148. The van der Waals surface area contributed by atoms with Gasteiger partial charge in [0.15, 0.2) is 0 Å². The van der Waals surface area contributed by atoms with Gasteiger partial charge in [-0.25, -0.2) is 23.1 Å². The fourth-order valence-corrected chi connectivity index (χ4v) is 4.51. The standard InChI is InChI=1S/C9H8BrN3O2S2/c10-8-2-4-16-9(8)17(14,15)13-5-7-1-3-11-6-12-7/h1-4,6,13H,5H2. The SMILES string of the molecule is O=S(=O)(NCc1ccncn1)c1sccc1Br. The Morgan fingerprint density at radius 2 is 2.24 bits per heavy atom. The van der Waals surface area contributed by atoms with E-state index in [0.29, 0.717) is 10.2 Å². The molecule has 0 aromatic carbocycles. The van der Waals surface area contributed by atoms with Crippen LogP contribution in [0.4, 0.5) is 0 Å². The van der Waals surface area contributed by atoms with Crippen LogP contribution in [0, 0.1) is 0 Å². The van der Waals surface area contributed by atoms with Crippen LogP contribution in [0.2, 0.25) is 0 Å². The molecule has 2 aromatic heterocycles. The number of thiophene rings is 1. The molecular weight excluding hydrogens is 326 g/mol. The second-order valence-corrected chi connectivity index (χ2v) is 6.81. The van der Waals surface area contributed by atoms with Gasteiger partial charge in [-0.15, -0.1) is 11.3 Å². The van der Waals surface area contributed by atoms with Crippen LogP contribution >= 0.6 is 27.3 Å². The zero-order chi connectivity index (χ0) is 12.3. The minimum atomic E-state index is -3.48. The Kier molecular flexibility index (Phi) is 3.87. The zero-order valence-corrected chi connectivity index (χ0v) is 11.7. The molecule has 2 rings (SSSR count). The molecule has 0 atom stereocenters. The molecule has 8 heteroatoms. The summed E-state index contributed by atoms with van der Waals surface area (Å²) in [4.78, 5) is 7.70. The molecule has 2 aromatic rings. The number of aromatic nitrogens is 2. The van der Waals surface area contributed by atoms with Crippen molar-refractivity contribution in [1.82, 2.24) is 14.7 Å². The summed E-state index contributed by atoms with van der Waals surface area (Å²) in [6, 6.07) is 3.36. The van der Waals surface area contributed by atoms with Gasteiger partial charge >= 0.3 is 0 Å². The fourth-order valence-electron chi connectivity index (χ4n) is 1.13. The second-order valence-electron chi connectivity index (χ2n) is 3.08. The molecule has 0 saturated carbocycles. The maximum Gasteiger partial charge on any atom is 0.251 e. The molecule has 90 valence electrons. The summed E-state index contributed by atoms with van der Waals surface area (Å²) in [7, 11) is -3.48. The molecule has 0 aliphatic carbocycles. The van der Waals surface area contributed by atoms with Gasteiger partial charge in [-0.05, 0) is 33.4 Å². The highest BCUT2D eigenvalue weighted by molar-refractivity contribution is 9.10. The quantitative estimate of drug-likeness (QED) is 0.925. The van der Waals surface area contributed by atoms with E-state index in [4.69, 9.17) is 0 Å². The molecule has 0 unspecified atom stereocenters. The molecule has 0 radical (unpaired) electrons. The molecule has 2 heterocycles. The molecule has 0 bridgehead atoms. The van der Waals surface area contributed by atoms with E-state index in [2.05, 4.69) is 30.6 Å². The first kappa shape index (κ1) is 12.6. The molecule has 0 fully saturated rings. The van der Waals surface area contributed by atoms with Crippen molar-refractivity contribution in [2.75, 3.05) is 0 Å². The van der Waals surface area contributed by atoms with Crippen LogP contribution in [0.3, 0.4) is 0 Å². The zero-order valence-electron chi connectivity index (χ0n) is 8.50. The van der Waals surface area contributed by atoms with E-state index >= 15 is 0 Å². The lowest BCUT2D eigenvalue weighted by molar-refractivity contribution is 0.582. The van der Waals surface area contributed by atoms with E-state index in [1.54, 1.807) is 23.7 Å². The van der Waals surface area contributed by atoms with Crippen molar-refractivity contribution in [3.05, 3.63) is 40.2 Å². The third kappa shape index (κ3) is 3.09. The maximum absolute atomic E-state index is 11.9. The van der Waals surface area contributed by atoms with E-state index in [-0.39, 0.29) is 10.8 Å². The summed E-state index contributed by atoms with van der Waals surface area (Å²) < 4.78 is 27.1. The van der Waals surface area contributed by atoms with Gasteiger partial charge in [-0.1, -0.05) is 0 Å². The topological polar surface area (TPSA) is 72.0 Å².